The first-order chi connectivity index (χ1) is 13.7. The van der Waals surface area contributed by atoms with Crippen LogP contribution in [0, 0.1) is 18.3 Å². The number of hydrogen-bond acceptors (Lipinski definition) is 2. The van der Waals surface area contributed by atoms with Gasteiger partial charge in [-0.1, -0.05) is 66.2 Å². The minimum absolute atomic E-state index is 0.0714. The lowest BCUT2D eigenvalue weighted by Crippen LogP contribution is -2.13. The Morgan fingerprint density at radius 2 is 1.46 bits per heavy atom. The smallest absolute Gasteiger partial charge is 0.266 e. The fraction of sp³-hybridized carbons (Fsp3) is 0.0400. The van der Waals surface area contributed by atoms with E-state index >= 15 is 0 Å². The molecule has 0 bridgehead atoms. The lowest BCUT2D eigenvalue weighted by Gasteiger charge is -2.09. The van der Waals surface area contributed by atoms with Gasteiger partial charge >= 0.3 is 0 Å². The SMILES string of the molecule is Cc1ccc(NC(=O)/C(C#N)=C\c2c3ccccc3cc3ccccc23)cc1. The van der Waals surface area contributed by atoms with E-state index in [0.717, 1.165) is 32.7 Å². The summed E-state index contributed by atoms with van der Waals surface area (Å²) in [5.41, 5.74) is 2.72. The Morgan fingerprint density at radius 3 is 2.04 bits per heavy atom. The van der Waals surface area contributed by atoms with E-state index in [0.29, 0.717) is 5.69 Å². The summed E-state index contributed by atoms with van der Waals surface area (Å²) in [7, 11) is 0. The van der Waals surface area contributed by atoms with Crippen LogP contribution in [0.25, 0.3) is 27.6 Å². The highest BCUT2D eigenvalue weighted by atomic mass is 16.1. The molecule has 0 radical (unpaired) electrons. The topological polar surface area (TPSA) is 52.9 Å². The van der Waals surface area contributed by atoms with E-state index in [9.17, 15) is 10.1 Å². The van der Waals surface area contributed by atoms with Crippen LogP contribution in [0.5, 0.6) is 0 Å². The number of benzene rings is 4. The number of rotatable bonds is 3. The average molecular weight is 362 g/mol. The molecule has 4 aromatic carbocycles. The van der Waals surface area contributed by atoms with E-state index in [4.69, 9.17) is 0 Å². The molecule has 3 nitrogen and oxygen atoms in total. The summed E-state index contributed by atoms with van der Waals surface area (Å²) in [6, 6.07) is 27.7. The van der Waals surface area contributed by atoms with Gasteiger partial charge in [0.1, 0.15) is 11.6 Å². The van der Waals surface area contributed by atoms with Crippen molar-refractivity contribution >= 4 is 39.2 Å². The van der Waals surface area contributed by atoms with Crippen LogP contribution < -0.4 is 5.32 Å². The van der Waals surface area contributed by atoms with Gasteiger partial charge in [0.05, 0.1) is 0 Å². The molecule has 0 atom stereocenters. The highest BCUT2D eigenvalue weighted by molar-refractivity contribution is 6.14. The molecule has 0 unspecified atom stereocenters. The summed E-state index contributed by atoms with van der Waals surface area (Å²) in [5.74, 6) is -0.414. The van der Waals surface area contributed by atoms with Gasteiger partial charge < -0.3 is 5.32 Å². The van der Waals surface area contributed by atoms with Crippen molar-refractivity contribution in [1.82, 2.24) is 0 Å². The molecule has 0 heterocycles. The van der Waals surface area contributed by atoms with Crippen LogP contribution in [0.3, 0.4) is 0 Å². The van der Waals surface area contributed by atoms with E-state index in [-0.39, 0.29) is 5.57 Å². The third kappa shape index (κ3) is 3.36. The number of hydrogen-bond donors (Lipinski definition) is 1. The Balaban J connectivity index is 1.83. The Labute approximate surface area is 163 Å². The summed E-state index contributed by atoms with van der Waals surface area (Å²) in [6.45, 7) is 1.98. The molecule has 1 amide bonds. The molecule has 0 spiro atoms. The predicted molar refractivity (Wildman–Crippen MR) is 115 cm³/mol. The molecule has 0 aromatic heterocycles. The summed E-state index contributed by atoms with van der Waals surface area (Å²) in [6.07, 6.45) is 1.69. The number of aryl methyl sites for hydroxylation is 1. The molecule has 0 aliphatic rings. The van der Waals surface area contributed by atoms with Crippen molar-refractivity contribution in [3.05, 3.63) is 95.6 Å². The molecule has 0 saturated carbocycles. The number of fused-ring (bicyclic) bond motifs is 2. The third-order valence-electron chi connectivity index (χ3n) is 4.78. The van der Waals surface area contributed by atoms with E-state index in [2.05, 4.69) is 17.5 Å². The second-order valence-electron chi connectivity index (χ2n) is 6.72. The molecule has 4 aromatic rings. The standard InChI is InChI=1S/C25H18N2O/c1-17-10-12-21(13-11-17)27-25(28)20(16-26)15-24-22-8-4-2-6-18(22)14-19-7-3-5-9-23(19)24/h2-15H,1H3,(H,27,28)/b20-15-. The maximum Gasteiger partial charge on any atom is 0.266 e. The maximum atomic E-state index is 12.7. The zero-order valence-corrected chi connectivity index (χ0v) is 15.4. The lowest BCUT2D eigenvalue weighted by molar-refractivity contribution is -0.112. The molecular formula is C25H18N2O. The molecule has 0 aliphatic heterocycles. The minimum atomic E-state index is -0.414. The van der Waals surface area contributed by atoms with Crippen molar-refractivity contribution in [2.45, 2.75) is 6.92 Å². The van der Waals surface area contributed by atoms with Crippen molar-refractivity contribution in [3.63, 3.8) is 0 Å². The number of carbonyl (C=O) groups is 1. The summed E-state index contributed by atoms with van der Waals surface area (Å²) < 4.78 is 0. The molecule has 3 heteroatoms. The second kappa shape index (κ2) is 7.38. The number of nitriles is 1. The van der Waals surface area contributed by atoms with Crippen LogP contribution in [-0.4, -0.2) is 5.91 Å². The molecule has 0 aliphatic carbocycles. The summed E-state index contributed by atoms with van der Waals surface area (Å²) in [4.78, 5) is 12.7. The van der Waals surface area contributed by atoms with Crippen molar-refractivity contribution < 1.29 is 4.79 Å². The van der Waals surface area contributed by atoms with Gasteiger partial charge in [-0.25, -0.2) is 0 Å². The van der Waals surface area contributed by atoms with Gasteiger partial charge in [0.15, 0.2) is 0 Å². The average Bonchev–Trinajstić information content (AvgIpc) is 2.72. The van der Waals surface area contributed by atoms with Crippen LogP contribution in [-0.2, 0) is 4.79 Å². The Hall–Kier alpha value is -3.90. The van der Waals surface area contributed by atoms with Crippen molar-refractivity contribution in [3.8, 4) is 6.07 Å². The fourth-order valence-corrected chi connectivity index (χ4v) is 3.33. The van der Waals surface area contributed by atoms with E-state index in [1.165, 1.54) is 0 Å². The summed E-state index contributed by atoms with van der Waals surface area (Å²) >= 11 is 0. The monoisotopic (exact) mass is 362 g/mol. The van der Waals surface area contributed by atoms with Gasteiger partial charge in [0, 0.05) is 5.69 Å². The number of nitrogens with zero attached hydrogens (tertiary/aromatic N) is 1. The quantitative estimate of drug-likeness (QED) is 0.282. The van der Waals surface area contributed by atoms with Gasteiger partial charge in [0.25, 0.3) is 5.91 Å². The number of nitrogens with one attached hydrogen (secondary N) is 1. The first kappa shape index (κ1) is 17.5. The third-order valence-corrected chi connectivity index (χ3v) is 4.78. The molecule has 4 rings (SSSR count). The van der Waals surface area contributed by atoms with Crippen LogP contribution >= 0.6 is 0 Å². The highest BCUT2D eigenvalue weighted by Gasteiger charge is 2.12. The normalized spacial score (nSPS) is 11.4. The Morgan fingerprint density at radius 1 is 0.893 bits per heavy atom. The first-order valence-electron chi connectivity index (χ1n) is 9.06. The molecule has 0 fully saturated rings. The van der Waals surface area contributed by atoms with Crippen LogP contribution in [0.15, 0.2) is 84.4 Å². The van der Waals surface area contributed by atoms with E-state index in [1.54, 1.807) is 6.08 Å². The predicted octanol–water partition coefficient (Wildman–Crippen LogP) is 5.85. The minimum Gasteiger partial charge on any atom is -0.321 e. The summed E-state index contributed by atoms with van der Waals surface area (Å²) in [5, 5.41) is 16.6. The zero-order valence-electron chi connectivity index (χ0n) is 15.4. The van der Waals surface area contributed by atoms with Crippen LogP contribution in [0.2, 0.25) is 0 Å². The number of carbonyl (C=O) groups excluding carboxylic acids is 1. The van der Waals surface area contributed by atoms with Crippen molar-refractivity contribution in [2.24, 2.45) is 0 Å². The van der Waals surface area contributed by atoms with Gasteiger partial charge in [-0.2, -0.15) is 5.26 Å². The molecule has 0 saturated heterocycles. The number of amides is 1. The highest BCUT2D eigenvalue weighted by Crippen LogP contribution is 2.30. The van der Waals surface area contributed by atoms with Gasteiger partial charge in [0.2, 0.25) is 0 Å². The Kier molecular flexibility index (Phi) is 4.62. The van der Waals surface area contributed by atoms with Crippen LogP contribution in [0.1, 0.15) is 11.1 Å². The molecule has 1 N–H and O–H groups in total. The van der Waals surface area contributed by atoms with Gasteiger partial charge in [-0.05, 0) is 58.3 Å². The maximum absolute atomic E-state index is 12.7. The molecule has 28 heavy (non-hydrogen) atoms. The van der Waals surface area contributed by atoms with Crippen molar-refractivity contribution in [1.29, 1.82) is 5.26 Å². The van der Waals surface area contributed by atoms with E-state index < -0.39 is 5.91 Å². The Bertz CT molecular complexity index is 1210. The first-order valence-corrected chi connectivity index (χ1v) is 9.06. The van der Waals surface area contributed by atoms with E-state index in [1.807, 2.05) is 79.7 Å². The lowest BCUT2D eigenvalue weighted by atomic mass is 9.95. The zero-order chi connectivity index (χ0) is 19.5. The van der Waals surface area contributed by atoms with Crippen molar-refractivity contribution in [2.75, 3.05) is 5.32 Å². The molecule has 134 valence electrons. The molecular weight excluding hydrogens is 344 g/mol. The number of anilines is 1. The largest absolute Gasteiger partial charge is 0.321 e. The fourth-order valence-electron chi connectivity index (χ4n) is 3.33. The second-order valence-corrected chi connectivity index (χ2v) is 6.72. The van der Waals surface area contributed by atoms with Crippen LogP contribution in [0.4, 0.5) is 5.69 Å². The van der Waals surface area contributed by atoms with Gasteiger partial charge in [-0.15, -0.1) is 0 Å². The van der Waals surface area contributed by atoms with Gasteiger partial charge in [-0.3, -0.25) is 4.79 Å².